The summed E-state index contributed by atoms with van der Waals surface area (Å²) >= 11 is 0. The van der Waals surface area contributed by atoms with E-state index in [1.54, 1.807) is 0 Å². The Morgan fingerprint density at radius 3 is 2.82 bits per heavy atom. The molecule has 1 fully saturated rings. The number of rotatable bonds is 2. The fourth-order valence-electron chi connectivity index (χ4n) is 1.54. The van der Waals surface area contributed by atoms with E-state index in [1.807, 2.05) is 19.0 Å². The molecule has 0 spiro atoms. The SMILES string of the molecule is CN(C)CC1CNCCC1F. The molecule has 0 aromatic rings. The topological polar surface area (TPSA) is 15.3 Å². The summed E-state index contributed by atoms with van der Waals surface area (Å²) in [6.45, 7) is 2.53. The molecule has 0 bridgehead atoms. The third-order valence-electron chi connectivity index (χ3n) is 2.11. The summed E-state index contributed by atoms with van der Waals surface area (Å²) in [6.07, 6.45) is 0.0806. The molecule has 0 aliphatic carbocycles. The molecule has 1 aliphatic rings. The minimum absolute atomic E-state index is 0.193. The summed E-state index contributed by atoms with van der Waals surface area (Å²) < 4.78 is 13.1. The van der Waals surface area contributed by atoms with Gasteiger partial charge in [0.2, 0.25) is 0 Å². The Balaban J connectivity index is 2.29. The van der Waals surface area contributed by atoms with Gasteiger partial charge in [-0.05, 0) is 27.1 Å². The molecule has 3 heteroatoms. The zero-order valence-electron chi connectivity index (χ0n) is 7.31. The van der Waals surface area contributed by atoms with Gasteiger partial charge in [0.15, 0.2) is 0 Å². The van der Waals surface area contributed by atoms with Crippen LogP contribution < -0.4 is 5.32 Å². The maximum atomic E-state index is 13.1. The zero-order valence-corrected chi connectivity index (χ0v) is 7.31. The van der Waals surface area contributed by atoms with Gasteiger partial charge in [0, 0.05) is 19.0 Å². The number of hydrogen-bond acceptors (Lipinski definition) is 2. The highest BCUT2D eigenvalue weighted by molar-refractivity contribution is 4.78. The van der Waals surface area contributed by atoms with Crippen molar-refractivity contribution >= 4 is 0 Å². The standard InChI is InChI=1S/C8H17FN2/c1-11(2)6-7-5-10-4-3-8(7)9/h7-8,10H,3-6H2,1-2H3. The van der Waals surface area contributed by atoms with E-state index in [0.29, 0.717) is 6.42 Å². The van der Waals surface area contributed by atoms with Crippen LogP contribution in [0.15, 0.2) is 0 Å². The molecule has 1 N–H and O–H groups in total. The van der Waals surface area contributed by atoms with Gasteiger partial charge in [-0.25, -0.2) is 4.39 Å². The van der Waals surface area contributed by atoms with E-state index in [-0.39, 0.29) is 5.92 Å². The van der Waals surface area contributed by atoms with Crippen molar-refractivity contribution in [3.05, 3.63) is 0 Å². The number of halogens is 1. The summed E-state index contributed by atoms with van der Waals surface area (Å²) in [5, 5.41) is 3.20. The molecule has 0 aromatic heterocycles. The average molecular weight is 160 g/mol. The predicted molar refractivity (Wildman–Crippen MR) is 44.4 cm³/mol. The van der Waals surface area contributed by atoms with Crippen molar-refractivity contribution in [3.8, 4) is 0 Å². The average Bonchev–Trinajstić information content (AvgIpc) is 1.93. The number of piperidine rings is 1. The van der Waals surface area contributed by atoms with Gasteiger partial charge in [-0.1, -0.05) is 0 Å². The van der Waals surface area contributed by atoms with Gasteiger partial charge in [-0.3, -0.25) is 0 Å². The quantitative estimate of drug-likeness (QED) is 0.632. The fourth-order valence-corrected chi connectivity index (χ4v) is 1.54. The molecule has 0 radical (unpaired) electrons. The monoisotopic (exact) mass is 160 g/mol. The molecular weight excluding hydrogens is 143 g/mol. The fraction of sp³-hybridized carbons (Fsp3) is 1.00. The second kappa shape index (κ2) is 4.02. The van der Waals surface area contributed by atoms with E-state index in [1.165, 1.54) is 0 Å². The molecule has 2 atom stereocenters. The summed E-state index contributed by atoms with van der Waals surface area (Å²) in [4.78, 5) is 2.05. The summed E-state index contributed by atoms with van der Waals surface area (Å²) in [6, 6.07) is 0. The molecule has 0 aromatic carbocycles. The van der Waals surface area contributed by atoms with E-state index in [4.69, 9.17) is 0 Å². The minimum Gasteiger partial charge on any atom is -0.316 e. The van der Waals surface area contributed by atoms with Crippen LogP contribution in [0.1, 0.15) is 6.42 Å². The lowest BCUT2D eigenvalue weighted by molar-refractivity contribution is 0.148. The molecule has 2 nitrogen and oxygen atoms in total. The summed E-state index contributed by atoms with van der Waals surface area (Å²) in [5.74, 6) is 0.193. The molecule has 66 valence electrons. The van der Waals surface area contributed by atoms with Crippen LogP contribution in [-0.4, -0.2) is 44.8 Å². The van der Waals surface area contributed by atoms with Gasteiger partial charge < -0.3 is 10.2 Å². The van der Waals surface area contributed by atoms with Crippen molar-refractivity contribution in [3.63, 3.8) is 0 Å². The van der Waals surface area contributed by atoms with Crippen molar-refractivity contribution in [1.82, 2.24) is 10.2 Å². The molecule has 0 amide bonds. The van der Waals surface area contributed by atoms with E-state index in [0.717, 1.165) is 19.6 Å². The Morgan fingerprint density at radius 1 is 1.55 bits per heavy atom. The van der Waals surface area contributed by atoms with Gasteiger partial charge in [0.1, 0.15) is 6.17 Å². The van der Waals surface area contributed by atoms with Crippen molar-refractivity contribution in [2.75, 3.05) is 33.7 Å². The molecule has 1 heterocycles. The first-order chi connectivity index (χ1) is 5.20. The van der Waals surface area contributed by atoms with Gasteiger partial charge in [-0.15, -0.1) is 0 Å². The van der Waals surface area contributed by atoms with E-state index < -0.39 is 6.17 Å². The van der Waals surface area contributed by atoms with Gasteiger partial charge >= 0.3 is 0 Å². The maximum Gasteiger partial charge on any atom is 0.107 e. The normalized spacial score (nSPS) is 32.7. The molecule has 1 rings (SSSR count). The van der Waals surface area contributed by atoms with E-state index >= 15 is 0 Å². The molecule has 1 aliphatic heterocycles. The predicted octanol–water partition coefficient (Wildman–Crippen LogP) is 0.496. The second-order valence-electron chi connectivity index (χ2n) is 3.53. The Kier molecular flexibility index (Phi) is 3.27. The molecule has 1 saturated heterocycles. The highest BCUT2D eigenvalue weighted by atomic mass is 19.1. The van der Waals surface area contributed by atoms with Crippen LogP contribution in [0.4, 0.5) is 4.39 Å². The Hall–Kier alpha value is -0.150. The van der Waals surface area contributed by atoms with Crippen LogP contribution in [0.5, 0.6) is 0 Å². The van der Waals surface area contributed by atoms with Crippen LogP contribution in [0.25, 0.3) is 0 Å². The number of nitrogens with one attached hydrogen (secondary N) is 1. The van der Waals surface area contributed by atoms with Crippen molar-refractivity contribution < 1.29 is 4.39 Å². The second-order valence-corrected chi connectivity index (χ2v) is 3.53. The van der Waals surface area contributed by atoms with Gasteiger partial charge in [-0.2, -0.15) is 0 Å². The van der Waals surface area contributed by atoms with Crippen molar-refractivity contribution in [2.24, 2.45) is 5.92 Å². The highest BCUT2D eigenvalue weighted by Crippen LogP contribution is 2.15. The number of nitrogens with zero attached hydrogens (tertiary/aromatic N) is 1. The highest BCUT2D eigenvalue weighted by Gasteiger charge is 2.24. The number of hydrogen-bond donors (Lipinski definition) is 1. The summed E-state index contributed by atoms with van der Waals surface area (Å²) in [5.41, 5.74) is 0. The Labute approximate surface area is 67.8 Å². The van der Waals surface area contributed by atoms with Crippen LogP contribution >= 0.6 is 0 Å². The Morgan fingerprint density at radius 2 is 2.27 bits per heavy atom. The molecule has 0 saturated carbocycles. The largest absolute Gasteiger partial charge is 0.316 e. The van der Waals surface area contributed by atoms with Crippen molar-refractivity contribution in [2.45, 2.75) is 12.6 Å². The third-order valence-corrected chi connectivity index (χ3v) is 2.11. The molecular formula is C8H17FN2. The van der Waals surface area contributed by atoms with Crippen LogP contribution in [0.2, 0.25) is 0 Å². The zero-order chi connectivity index (χ0) is 8.27. The Bertz CT molecular complexity index is 117. The van der Waals surface area contributed by atoms with Crippen LogP contribution in [-0.2, 0) is 0 Å². The first-order valence-electron chi connectivity index (χ1n) is 4.19. The van der Waals surface area contributed by atoms with Gasteiger partial charge in [0.05, 0.1) is 0 Å². The van der Waals surface area contributed by atoms with E-state index in [2.05, 4.69) is 5.32 Å². The van der Waals surface area contributed by atoms with Crippen LogP contribution in [0.3, 0.4) is 0 Å². The smallest absolute Gasteiger partial charge is 0.107 e. The van der Waals surface area contributed by atoms with E-state index in [9.17, 15) is 4.39 Å². The lowest BCUT2D eigenvalue weighted by Crippen LogP contribution is -2.42. The lowest BCUT2D eigenvalue weighted by atomic mass is 9.97. The molecule has 11 heavy (non-hydrogen) atoms. The third kappa shape index (κ3) is 2.75. The number of alkyl halides is 1. The van der Waals surface area contributed by atoms with Gasteiger partial charge in [0.25, 0.3) is 0 Å². The first-order valence-corrected chi connectivity index (χ1v) is 4.19. The maximum absolute atomic E-state index is 13.1. The van der Waals surface area contributed by atoms with Crippen molar-refractivity contribution in [1.29, 1.82) is 0 Å². The van der Waals surface area contributed by atoms with Crippen LogP contribution in [0, 0.1) is 5.92 Å². The minimum atomic E-state index is -0.598. The lowest BCUT2D eigenvalue weighted by Gasteiger charge is -2.28. The molecule has 2 unspecified atom stereocenters. The summed E-state index contributed by atoms with van der Waals surface area (Å²) in [7, 11) is 3.97. The first kappa shape index (κ1) is 8.94.